The van der Waals surface area contributed by atoms with Crippen LogP contribution in [0, 0.1) is 17.1 Å². The van der Waals surface area contributed by atoms with Crippen molar-refractivity contribution in [2.24, 2.45) is 0 Å². The number of halogens is 1. The third kappa shape index (κ3) is 2.60. The Kier molecular flexibility index (Phi) is 3.04. The van der Waals surface area contributed by atoms with Crippen LogP contribution in [0.15, 0.2) is 24.3 Å². The fourth-order valence-corrected chi connectivity index (χ4v) is 0.914. The number of nitrogens with two attached hydrogens (primary N) is 1. The van der Waals surface area contributed by atoms with E-state index in [9.17, 15) is 4.39 Å². The number of rotatable bonds is 2. The minimum Gasteiger partial charge on any atom is -0.396 e. The molecule has 0 heterocycles. The lowest BCUT2D eigenvalue weighted by Crippen LogP contribution is -1.89. The van der Waals surface area contributed by atoms with Crippen LogP contribution in [-0.4, -0.2) is 0 Å². The van der Waals surface area contributed by atoms with Crippen LogP contribution in [-0.2, 0) is 0 Å². The Hall–Kier alpha value is -1.82. The van der Waals surface area contributed by atoms with Gasteiger partial charge in [-0.05, 0) is 17.7 Å². The van der Waals surface area contributed by atoms with E-state index in [1.165, 1.54) is 12.1 Å². The maximum atomic E-state index is 12.7. The Morgan fingerprint density at radius 1 is 1.54 bits per heavy atom. The predicted octanol–water partition coefficient (Wildman–Crippen LogP) is 2.33. The van der Waals surface area contributed by atoms with E-state index in [4.69, 9.17) is 11.0 Å². The van der Waals surface area contributed by atoms with Crippen LogP contribution in [0.5, 0.6) is 0 Å². The molecule has 66 valence electrons. The zero-order valence-electron chi connectivity index (χ0n) is 7.00. The minimum absolute atomic E-state index is 0.124. The smallest absolute Gasteiger partial charge is 0.146 e. The molecule has 0 aliphatic rings. The molecule has 1 aromatic carbocycles. The lowest BCUT2D eigenvalue weighted by molar-refractivity contribution is 0.632. The molecule has 1 aromatic rings. The second-order valence-corrected chi connectivity index (χ2v) is 2.55. The van der Waals surface area contributed by atoms with Crippen molar-refractivity contribution in [1.82, 2.24) is 0 Å². The van der Waals surface area contributed by atoms with Crippen LogP contribution in [0.2, 0.25) is 0 Å². The van der Waals surface area contributed by atoms with Gasteiger partial charge in [0.2, 0.25) is 0 Å². The first-order chi connectivity index (χ1) is 6.24. The van der Waals surface area contributed by atoms with Gasteiger partial charge in [0.1, 0.15) is 5.82 Å². The lowest BCUT2D eigenvalue weighted by atomic mass is 10.2. The van der Waals surface area contributed by atoms with Gasteiger partial charge in [-0.1, -0.05) is 18.2 Å². The van der Waals surface area contributed by atoms with Crippen molar-refractivity contribution in [3.8, 4) is 6.07 Å². The molecule has 0 aliphatic carbocycles. The molecule has 1 rings (SSSR count). The van der Waals surface area contributed by atoms with E-state index >= 15 is 0 Å². The first-order valence-corrected chi connectivity index (χ1v) is 3.82. The summed E-state index contributed by atoms with van der Waals surface area (Å²) >= 11 is 0. The highest BCUT2D eigenvalue weighted by atomic mass is 19.1. The van der Waals surface area contributed by atoms with Crippen LogP contribution in [0.4, 0.5) is 10.1 Å². The summed E-state index contributed by atoms with van der Waals surface area (Å²) in [4.78, 5) is 0. The summed E-state index contributed by atoms with van der Waals surface area (Å²) in [5.74, 6) is -0.419. The van der Waals surface area contributed by atoms with E-state index in [0.717, 1.165) is 5.56 Å². The maximum absolute atomic E-state index is 12.7. The molecule has 0 saturated heterocycles. The SMILES string of the molecule is N#CCC=Cc1ccc(F)c(N)c1. The summed E-state index contributed by atoms with van der Waals surface area (Å²) < 4.78 is 12.7. The van der Waals surface area contributed by atoms with Crippen molar-refractivity contribution >= 4 is 11.8 Å². The summed E-state index contributed by atoms with van der Waals surface area (Å²) in [6.45, 7) is 0. The van der Waals surface area contributed by atoms with Crippen molar-refractivity contribution in [3.05, 3.63) is 35.7 Å². The fourth-order valence-electron chi connectivity index (χ4n) is 0.914. The Morgan fingerprint density at radius 3 is 2.92 bits per heavy atom. The monoisotopic (exact) mass is 176 g/mol. The van der Waals surface area contributed by atoms with Gasteiger partial charge in [-0.3, -0.25) is 0 Å². The van der Waals surface area contributed by atoms with Gasteiger partial charge in [-0.15, -0.1) is 0 Å². The highest BCUT2D eigenvalue weighted by Gasteiger charge is 1.95. The summed E-state index contributed by atoms with van der Waals surface area (Å²) in [6.07, 6.45) is 3.78. The van der Waals surface area contributed by atoms with Crippen LogP contribution < -0.4 is 5.73 Å². The van der Waals surface area contributed by atoms with Gasteiger partial charge in [0, 0.05) is 0 Å². The number of anilines is 1. The van der Waals surface area contributed by atoms with Crippen LogP contribution in [0.25, 0.3) is 6.08 Å². The first-order valence-electron chi connectivity index (χ1n) is 3.82. The van der Waals surface area contributed by atoms with Gasteiger partial charge < -0.3 is 5.73 Å². The zero-order valence-corrected chi connectivity index (χ0v) is 7.00. The van der Waals surface area contributed by atoms with Gasteiger partial charge in [-0.2, -0.15) is 5.26 Å². The van der Waals surface area contributed by atoms with E-state index in [2.05, 4.69) is 0 Å². The molecule has 0 spiro atoms. The number of hydrogen-bond donors (Lipinski definition) is 1. The Labute approximate surface area is 76.1 Å². The molecule has 2 N–H and O–H groups in total. The zero-order chi connectivity index (χ0) is 9.68. The quantitative estimate of drug-likeness (QED) is 0.703. The van der Waals surface area contributed by atoms with Gasteiger partial charge in [0.15, 0.2) is 0 Å². The third-order valence-electron chi connectivity index (χ3n) is 1.54. The number of nitriles is 1. The summed E-state index contributed by atoms with van der Waals surface area (Å²) in [6, 6.07) is 6.42. The average molecular weight is 176 g/mol. The normalized spacial score (nSPS) is 10.2. The summed E-state index contributed by atoms with van der Waals surface area (Å²) in [5, 5.41) is 8.26. The molecular weight excluding hydrogens is 167 g/mol. The number of nitrogen functional groups attached to an aromatic ring is 1. The molecular formula is C10H9FN2. The number of hydrogen-bond acceptors (Lipinski definition) is 2. The molecule has 0 unspecified atom stereocenters. The van der Waals surface area contributed by atoms with Crippen LogP contribution in [0.1, 0.15) is 12.0 Å². The van der Waals surface area contributed by atoms with Crippen molar-refractivity contribution in [2.75, 3.05) is 5.73 Å². The lowest BCUT2D eigenvalue weighted by Gasteiger charge is -1.97. The van der Waals surface area contributed by atoms with Crippen molar-refractivity contribution < 1.29 is 4.39 Å². The maximum Gasteiger partial charge on any atom is 0.146 e. The standard InChI is InChI=1S/C10H9FN2/c11-9-5-4-8(7-10(9)13)3-1-2-6-12/h1,3-5,7H,2,13H2. The van der Waals surface area contributed by atoms with Crippen LogP contribution in [0.3, 0.4) is 0 Å². The second kappa shape index (κ2) is 4.27. The molecule has 0 saturated carbocycles. The second-order valence-electron chi connectivity index (χ2n) is 2.55. The van der Waals surface area contributed by atoms with Gasteiger partial charge in [0.05, 0.1) is 18.2 Å². The largest absolute Gasteiger partial charge is 0.396 e. The first kappa shape index (κ1) is 9.27. The van der Waals surface area contributed by atoms with Crippen molar-refractivity contribution in [3.63, 3.8) is 0 Å². The van der Waals surface area contributed by atoms with Gasteiger partial charge in [0.25, 0.3) is 0 Å². The number of allylic oxidation sites excluding steroid dienone is 1. The molecule has 0 fully saturated rings. The van der Waals surface area contributed by atoms with Crippen LogP contribution >= 0.6 is 0 Å². The van der Waals surface area contributed by atoms with Gasteiger partial charge >= 0.3 is 0 Å². The van der Waals surface area contributed by atoms with Crippen molar-refractivity contribution in [1.29, 1.82) is 5.26 Å². The summed E-state index contributed by atoms with van der Waals surface area (Å²) in [7, 11) is 0. The highest BCUT2D eigenvalue weighted by molar-refractivity contribution is 5.56. The molecule has 0 amide bonds. The molecule has 0 aromatic heterocycles. The molecule has 3 heteroatoms. The van der Waals surface area contributed by atoms with E-state index in [0.29, 0.717) is 6.42 Å². The molecule has 0 atom stereocenters. The number of benzene rings is 1. The molecule has 13 heavy (non-hydrogen) atoms. The van der Waals surface area contributed by atoms with E-state index < -0.39 is 5.82 Å². The van der Waals surface area contributed by atoms with E-state index in [-0.39, 0.29) is 5.69 Å². The van der Waals surface area contributed by atoms with E-state index in [1.54, 1.807) is 18.2 Å². The predicted molar refractivity (Wildman–Crippen MR) is 50.1 cm³/mol. The summed E-state index contributed by atoms with van der Waals surface area (Å²) in [5.41, 5.74) is 6.28. The Bertz CT molecular complexity index is 364. The molecule has 2 nitrogen and oxygen atoms in total. The van der Waals surface area contributed by atoms with Gasteiger partial charge in [-0.25, -0.2) is 4.39 Å². The minimum atomic E-state index is -0.419. The van der Waals surface area contributed by atoms with E-state index in [1.807, 2.05) is 6.07 Å². The number of nitrogens with zero attached hydrogens (tertiary/aromatic N) is 1. The topological polar surface area (TPSA) is 49.8 Å². The Morgan fingerprint density at radius 2 is 2.31 bits per heavy atom. The van der Waals surface area contributed by atoms with Crippen molar-refractivity contribution in [2.45, 2.75) is 6.42 Å². The third-order valence-corrected chi connectivity index (χ3v) is 1.54. The Balaban J connectivity index is 2.81. The highest BCUT2D eigenvalue weighted by Crippen LogP contribution is 2.13. The molecule has 0 radical (unpaired) electrons. The molecule has 0 bridgehead atoms. The fraction of sp³-hybridized carbons (Fsp3) is 0.100. The average Bonchev–Trinajstić information content (AvgIpc) is 2.12. The molecule has 0 aliphatic heterocycles.